The Hall–Kier alpha value is -2.21. The minimum absolute atomic E-state index is 0.0187. The van der Waals surface area contributed by atoms with Gasteiger partial charge in [0, 0.05) is 24.5 Å². The SMILES string of the molecule is C[C@]1(CNC(=O)c2nnn(-c3ccccc3)c2C2CC2)CCOC1. The molecule has 1 saturated heterocycles. The molecule has 2 heterocycles. The minimum atomic E-state index is -0.132. The maximum Gasteiger partial charge on any atom is 0.273 e. The molecule has 0 bridgehead atoms. The first-order valence-electron chi connectivity index (χ1n) is 8.53. The summed E-state index contributed by atoms with van der Waals surface area (Å²) in [5.41, 5.74) is 2.36. The molecule has 1 aromatic carbocycles. The molecule has 1 N–H and O–H groups in total. The van der Waals surface area contributed by atoms with E-state index >= 15 is 0 Å². The van der Waals surface area contributed by atoms with Crippen LogP contribution in [0.1, 0.15) is 48.3 Å². The number of hydrogen-bond acceptors (Lipinski definition) is 4. The number of hydrogen-bond donors (Lipinski definition) is 1. The first kappa shape index (κ1) is 15.3. The second kappa shape index (κ2) is 6.02. The monoisotopic (exact) mass is 326 g/mol. The molecule has 24 heavy (non-hydrogen) atoms. The van der Waals surface area contributed by atoms with Crippen LogP contribution < -0.4 is 5.32 Å². The van der Waals surface area contributed by atoms with Gasteiger partial charge >= 0.3 is 0 Å². The van der Waals surface area contributed by atoms with E-state index in [9.17, 15) is 4.79 Å². The summed E-state index contributed by atoms with van der Waals surface area (Å²) >= 11 is 0. The van der Waals surface area contributed by atoms with E-state index in [4.69, 9.17) is 4.74 Å². The maximum absolute atomic E-state index is 12.7. The number of nitrogens with one attached hydrogen (secondary N) is 1. The highest BCUT2D eigenvalue weighted by Gasteiger charge is 2.35. The zero-order valence-electron chi connectivity index (χ0n) is 13.9. The fourth-order valence-corrected chi connectivity index (χ4v) is 3.16. The molecule has 1 aliphatic heterocycles. The Morgan fingerprint density at radius 3 is 2.83 bits per heavy atom. The summed E-state index contributed by atoms with van der Waals surface area (Å²) in [7, 11) is 0. The van der Waals surface area contributed by atoms with Gasteiger partial charge in [0.05, 0.1) is 18.0 Å². The van der Waals surface area contributed by atoms with E-state index in [1.807, 2.05) is 35.0 Å². The minimum Gasteiger partial charge on any atom is -0.381 e. The molecule has 0 unspecified atom stereocenters. The lowest BCUT2D eigenvalue weighted by atomic mass is 9.90. The third kappa shape index (κ3) is 2.94. The van der Waals surface area contributed by atoms with Gasteiger partial charge in [-0.25, -0.2) is 4.68 Å². The first-order valence-corrected chi connectivity index (χ1v) is 8.53. The molecule has 2 aliphatic rings. The van der Waals surface area contributed by atoms with Gasteiger partial charge < -0.3 is 10.1 Å². The predicted octanol–water partition coefficient (Wildman–Crippen LogP) is 2.30. The lowest BCUT2D eigenvalue weighted by Gasteiger charge is -2.21. The zero-order valence-corrected chi connectivity index (χ0v) is 13.9. The van der Waals surface area contributed by atoms with Crippen LogP contribution in [0.3, 0.4) is 0 Å². The van der Waals surface area contributed by atoms with Gasteiger partial charge in [0.15, 0.2) is 5.69 Å². The van der Waals surface area contributed by atoms with Gasteiger partial charge in [0.1, 0.15) is 0 Å². The Balaban J connectivity index is 1.57. The van der Waals surface area contributed by atoms with Crippen LogP contribution >= 0.6 is 0 Å². The highest BCUT2D eigenvalue weighted by molar-refractivity contribution is 5.93. The molecule has 6 heteroatoms. The van der Waals surface area contributed by atoms with Crippen molar-refractivity contribution in [3.05, 3.63) is 41.7 Å². The number of nitrogens with zero attached hydrogens (tertiary/aromatic N) is 3. The van der Waals surface area contributed by atoms with E-state index in [2.05, 4.69) is 22.6 Å². The predicted molar refractivity (Wildman–Crippen MR) is 89.2 cm³/mol. The summed E-state index contributed by atoms with van der Waals surface area (Å²) in [6.07, 6.45) is 3.15. The van der Waals surface area contributed by atoms with Crippen LogP contribution in [0.2, 0.25) is 0 Å². The fraction of sp³-hybridized carbons (Fsp3) is 0.500. The van der Waals surface area contributed by atoms with E-state index in [1.165, 1.54) is 0 Å². The molecule has 0 radical (unpaired) electrons. The summed E-state index contributed by atoms with van der Waals surface area (Å²) < 4.78 is 7.26. The van der Waals surface area contributed by atoms with Gasteiger partial charge in [-0.15, -0.1) is 5.10 Å². The Kier molecular flexibility index (Phi) is 3.84. The normalized spacial score (nSPS) is 23.4. The number of para-hydroxylation sites is 1. The number of benzene rings is 1. The highest BCUT2D eigenvalue weighted by atomic mass is 16.5. The van der Waals surface area contributed by atoms with Gasteiger partial charge in [0.25, 0.3) is 5.91 Å². The van der Waals surface area contributed by atoms with Gasteiger partial charge in [-0.2, -0.15) is 0 Å². The summed E-state index contributed by atoms with van der Waals surface area (Å²) in [6, 6.07) is 9.87. The molecule has 1 amide bonds. The summed E-state index contributed by atoms with van der Waals surface area (Å²) in [5, 5.41) is 11.5. The van der Waals surface area contributed by atoms with Crippen LogP contribution in [0.15, 0.2) is 30.3 Å². The second-order valence-electron chi connectivity index (χ2n) is 7.14. The number of carbonyl (C=O) groups is 1. The van der Waals surface area contributed by atoms with Crippen molar-refractivity contribution < 1.29 is 9.53 Å². The zero-order chi connectivity index (χ0) is 16.6. The van der Waals surface area contributed by atoms with E-state index < -0.39 is 0 Å². The summed E-state index contributed by atoms with van der Waals surface area (Å²) in [5.74, 6) is 0.249. The topological polar surface area (TPSA) is 69.0 Å². The maximum atomic E-state index is 12.7. The number of carbonyl (C=O) groups excluding carboxylic acids is 1. The Morgan fingerprint density at radius 2 is 2.17 bits per heavy atom. The van der Waals surface area contributed by atoms with Crippen molar-refractivity contribution in [1.82, 2.24) is 20.3 Å². The standard InChI is InChI=1S/C18H22N4O2/c1-18(9-10-24-12-18)11-19-17(23)15-16(13-7-8-13)22(21-20-15)14-5-3-2-4-6-14/h2-6,13H,7-12H2,1H3,(H,19,23)/t18-/m1/s1. The molecule has 1 atom stereocenters. The third-order valence-corrected chi connectivity index (χ3v) is 4.86. The molecule has 0 spiro atoms. The number of rotatable bonds is 5. The number of amides is 1. The van der Waals surface area contributed by atoms with Gasteiger partial charge in [-0.3, -0.25) is 4.79 Å². The molecule has 126 valence electrons. The number of aromatic nitrogens is 3. The summed E-state index contributed by atoms with van der Waals surface area (Å²) in [6.45, 7) is 4.21. The van der Waals surface area contributed by atoms with Crippen LogP contribution in [0, 0.1) is 5.41 Å². The van der Waals surface area contributed by atoms with Gasteiger partial charge in [0.2, 0.25) is 0 Å². The fourth-order valence-electron chi connectivity index (χ4n) is 3.16. The van der Waals surface area contributed by atoms with Crippen molar-refractivity contribution >= 4 is 5.91 Å². The third-order valence-electron chi connectivity index (χ3n) is 4.86. The summed E-state index contributed by atoms with van der Waals surface area (Å²) in [4.78, 5) is 12.7. The molecule has 2 fully saturated rings. The van der Waals surface area contributed by atoms with Crippen molar-refractivity contribution in [1.29, 1.82) is 0 Å². The highest BCUT2D eigenvalue weighted by Crippen LogP contribution is 2.42. The average Bonchev–Trinajstić information content (AvgIpc) is 3.19. The van der Waals surface area contributed by atoms with Crippen molar-refractivity contribution in [2.24, 2.45) is 5.41 Å². The van der Waals surface area contributed by atoms with E-state index in [0.717, 1.165) is 37.3 Å². The molecule has 6 nitrogen and oxygen atoms in total. The van der Waals surface area contributed by atoms with E-state index in [0.29, 0.717) is 24.8 Å². The molecule has 1 aromatic heterocycles. The first-order chi connectivity index (χ1) is 11.7. The van der Waals surface area contributed by atoms with Crippen molar-refractivity contribution in [2.75, 3.05) is 19.8 Å². The van der Waals surface area contributed by atoms with E-state index in [-0.39, 0.29) is 11.3 Å². The quantitative estimate of drug-likeness (QED) is 0.915. The van der Waals surface area contributed by atoms with Crippen LogP contribution in [0.5, 0.6) is 0 Å². The molecule has 1 aliphatic carbocycles. The van der Waals surface area contributed by atoms with Gasteiger partial charge in [-0.1, -0.05) is 30.3 Å². The lowest BCUT2D eigenvalue weighted by molar-refractivity contribution is 0.0919. The van der Waals surface area contributed by atoms with Crippen molar-refractivity contribution in [3.8, 4) is 5.69 Å². The van der Waals surface area contributed by atoms with E-state index in [1.54, 1.807) is 0 Å². The molecular weight excluding hydrogens is 304 g/mol. The lowest BCUT2D eigenvalue weighted by Crippen LogP contribution is -2.36. The molecule has 4 rings (SSSR count). The average molecular weight is 326 g/mol. The van der Waals surface area contributed by atoms with Crippen LogP contribution in [0.25, 0.3) is 5.69 Å². The second-order valence-corrected chi connectivity index (χ2v) is 7.14. The van der Waals surface area contributed by atoms with Crippen molar-refractivity contribution in [2.45, 2.75) is 32.1 Å². The smallest absolute Gasteiger partial charge is 0.273 e. The molecule has 1 saturated carbocycles. The number of ether oxygens (including phenoxy) is 1. The Bertz CT molecular complexity index is 731. The largest absolute Gasteiger partial charge is 0.381 e. The molecule has 2 aromatic rings. The van der Waals surface area contributed by atoms with Crippen LogP contribution in [-0.2, 0) is 4.74 Å². The van der Waals surface area contributed by atoms with Crippen LogP contribution in [-0.4, -0.2) is 40.7 Å². The van der Waals surface area contributed by atoms with Crippen molar-refractivity contribution in [3.63, 3.8) is 0 Å². The Labute approximate surface area is 141 Å². The Morgan fingerprint density at radius 1 is 1.38 bits per heavy atom. The van der Waals surface area contributed by atoms with Gasteiger partial charge in [-0.05, 0) is 31.4 Å². The van der Waals surface area contributed by atoms with Crippen LogP contribution in [0.4, 0.5) is 0 Å². The molecular formula is C18H22N4O2.